The molecule has 5 heteroatoms. The summed E-state index contributed by atoms with van der Waals surface area (Å²) in [5.74, 6) is 0.132. The number of hydrogen-bond acceptors (Lipinski definition) is 2. The van der Waals surface area contributed by atoms with Gasteiger partial charge in [0.15, 0.2) is 0 Å². The molecule has 1 heterocycles. The number of benzene rings is 2. The molecule has 3 rings (SSSR count). The SMILES string of the molecule is Fc1ccc(-c2nc(=S)cc(-c3ccccc3)[nH]2)c(Cl)c1. The molecule has 104 valence electrons. The Morgan fingerprint density at radius 2 is 1.81 bits per heavy atom. The number of nitrogens with one attached hydrogen (secondary N) is 1. The second kappa shape index (κ2) is 5.76. The number of aromatic nitrogens is 2. The van der Waals surface area contributed by atoms with Crippen LogP contribution in [0.25, 0.3) is 22.6 Å². The minimum Gasteiger partial charge on any atom is -0.339 e. The summed E-state index contributed by atoms with van der Waals surface area (Å²) >= 11 is 11.3. The van der Waals surface area contributed by atoms with Crippen LogP contribution < -0.4 is 0 Å². The number of H-pyrrole nitrogens is 1. The molecule has 1 aromatic heterocycles. The van der Waals surface area contributed by atoms with Crippen molar-refractivity contribution in [2.75, 3.05) is 0 Å². The summed E-state index contributed by atoms with van der Waals surface area (Å²) in [5.41, 5.74) is 2.44. The van der Waals surface area contributed by atoms with Gasteiger partial charge in [0.1, 0.15) is 16.3 Å². The molecule has 0 aliphatic rings. The Labute approximate surface area is 131 Å². The molecule has 0 amide bonds. The van der Waals surface area contributed by atoms with Gasteiger partial charge in [-0.2, -0.15) is 0 Å². The molecule has 2 aromatic carbocycles. The van der Waals surface area contributed by atoms with Crippen LogP contribution in [-0.2, 0) is 0 Å². The third-order valence-corrected chi connectivity index (χ3v) is 3.54. The van der Waals surface area contributed by atoms with E-state index in [9.17, 15) is 4.39 Å². The summed E-state index contributed by atoms with van der Waals surface area (Å²) in [6.45, 7) is 0. The highest BCUT2D eigenvalue weighted by atomic mass is 35.5. The third kappa shape index (κ3) is 3.01. The molecule has 0 bridgehead atoms. The molecule has 2 nitrogen and oxygen atoms in total. The zero-order valence-corrected chi connectivity index (χ0v) is 12.4. The van der Waals surface area contributed by atoms with E-state index in [0.29, 0.717) is 21.1 Å². The van der Waals surface area contributed by atoms with Crippen LogP contribution in [0.1, 0.15) is 0 Å². The van der Waals surface area contributed by atoms with Crippen LogP contribution in [0.15, 0.2) is 54.6 Å². The monoisotopic (exact) mass is 316 g/mol. The first-order valence-corrected chi connectivity index (χ1v) is 7.04. The van der Waals surface area contributed by atoms with E-state index in [1.54, 1.807) is 12.1 Å². The number of hydrogen-bond donors (Lipinski definition) is 1. The lowest BCUT2D eigenvalue weighted by molar-refractivity contribution is 0.628. The van der Waals surface area contributed by atoms with Gasteiger partial charge >= 0.3 is 0 Å². The van der Waals surface area contributed by atoms with Gasteiger partial charge in [-0.3, -0.25) is 0 Å². The molecule has 0 fully saturated rings. The lowest BCUT2D eigenvalue weighted by Gasteiger charge is -2.08. The predicted octanol–water partition coefficient (Wildman–Crippen LogP) is 5.27. The van der Waals surface area contributed by atoms with Crippen molar-refractivity contribution in [3.63, 3.8) is 0 Å². The summed E-state index contributed by atoms with van der Waals surface area (Å²) in [7, 11) is 0. The van der Waals surface area contributed by atoms with Crippen LogP contribution >= 0.6 is 23.8 Å². The molecule has 0 atom stereocenters. The van der Waals surface area contributed by atoms with Gasteiger partial charge in [0.25, 0.3) is 0 Å². The first-order chi connectivity index (χ1) is 10.1. The molecule has 0 aliphatic heterocycles. The van der Waals surface area contributed by atoms with Crippen LogP contribution in [0, 0.1) is 10.5 Å². The Hall–Kier alpha value is -2.04. The van der Waals surface area contributed by atoms with E-state index in [0.717, 1.165) is 11.3 Å². The van der Waals surface area contributed by atoms with E-state index in [1.807, 2.05) is 30.3 Å². The van der Waals surface area contributed by atoms with Crippen LogP contribution in [0.5, 0.6) is 0 Å². The van der Waals surface area contributed by atoms with Crippen molar-refractivity contribution in [2.45, 2.75) is 0 Å². The standard InChI is InChI=1S/C16H10ClFN2S/c17-13-8-11(18)6-7-12(13)16-19-14(9-15(21)20-16)10-4-2-1-3-5-10/h1-9H,(H,19,20,21). The second-order valence-corrected chi connectivity index (χ2v) is 5.30. The lowest BCUT2D eigenvalue weighted by Crippen LogP contribution is -1.94. The summed E-state index contributed by atoms with van der Waals surface area (Å²) in [4.78, 5) is 7.47. The summed E-state index contributed by atoms with van der Waals surface area (Å²) in [5, 5.41) is 0.290. The molecular formula is C16H10ClFN2S. The number of aromatic amines is 1. The van der Waals surface area contributed by atoms with Crippen LogP contribution in [0.3, 0.4) is 0 Å². The van der Waals surface area contributed by atoms with E-state index in [2.05, 4.69) is 9.97 Å². The van der Waals surface area contributed by atoms with Crippen molar-refractivity contribution in [1.82, 2.24) is 9.97 Å². The summed E-state index contributed by atoms with van der Waals surface area (Å²) in [6, 6.07) is 15.7. The second-order valence-electron chi connectivity index (χ2n) is 4.47. The van der Waals surface area contributed by atoms with Gasteiger partial charge in [0, 0.05) is 11.3 Å². The van der Waals surface area contributed by atoms with Gasteiger partial charge in [0.2, 0.25) is 0 Å². The van der Waals surface area contributed by atoms with E-state index in [-0.39, 0.29) is 5.82 Å². The third-order valence-electron chi connectivity index (χ3n) is 3.01. The highest BCUT2D eigenvalue weighted by molar-refractivity contribution is 7.71. The van der Waals surface area contributed by atoms with Crippen molar-refractivity contribution >= 4 is 23.8 Å². The first-order valence-electron chi connectivity index (χ1n) is 6.26. The predicted molar refractivity (Wildman–Crippen MR) is 85.3 cm³/mol. The Kier molecular flexibility index (Phi) is 3.82. The van der Waals surface area contributed by atoms with Crippen molar-refractivity contribution in [2.24, 2.45) is 0 Å². The van der Waals surface area contributed by atoms with Crippen LogP contribution in [0.2, 0.25) is 5.02 Å². The molecular weight excluding hydrogens is 307 g/mol. The molecule has 0 radical (unpaired) electrons. The normalized spacial score (nSPS) is 10.6. The van der Waals surface area contributed by atoms with E-state index < -0.39 is 0 Å². The molecule has 21 heavy (non-hydrogen) atoms. The van der Waals surface area contributed by atoms with Crippen molar-refractivity contribution < 1.29 is 4.39 Å². The largest absolute Gasteiger partial charge is 0.339 e. The van der Waals surface area contributed by atoms with Crippen molar-refractivity contribution in [3.05, 3.63) is 70.1 Å². The zero-order chi connectivity index (χ0) is 14.8. The van der Waals surface area contributed by atoms with Gasteiger partial charge in [-0.05, 0) is 29.8 Å². The van der Waals surface area contributed by atoms with Gasteiger partial charge in [-0.25, -0.2) is 9.37 Å². The fourth-order valence-electron chi connectivity index (χ4n) is 2.04. The van der Waals surface area contributed by atoms with Gasteiger partial charge in [-0.15, -0.1) is 0 Å². The Balaban J connectivity index is 2.16. The van der Waals surface area contributed by atoms with Crippen molar-refractivity contribution in [1.29, 1.82) is 0 Å². The fourth-order valence-corrected chi connectivity index (χ4v) is 2.51. The first kappa shape index (κ1) is 13.9. The highest BCUT2D eigenvalue weighted by Gasteiger charge is 2.09. The Morgan fingerprint density at radius 1 is 1.05 bits per heavy atom. The zero-order valence-electron chi connectivity index (χ0n) is 10.8. The van der Waals surface area contributed by atoms with Gasteiger partial charge in [-0.1, -0.05) is 54.2 Å². The Morgan fingerprint density at radius 3 is 2.52 bits per heavy atom. The summed E-state index contributed by atoms with van der Waals surface area (Å²) < 4.78 is 13.6. The van der Waals surface area contributed by atoms with E-state index in [1.165, 1.54) is 12.1 Å². The smallest absolute Gasteiger partial charge is 0.140 e. The van der Waals surface area contributed by atoms with E-state index >= 15 is 0 Å². The van der Waals surface area contributed by atoms with E-state index in [4.69, 9.17) is 23.8 Å². The number of rotatable bonds is 2. The molecule has 3 aromatic rings. The fraction of sp³-hybridized carbons (Fsp3) is 0. The minimum absolute atomic E-state index is 0.290. The van der Waals surface area contributed by atoms with Gasteiger partial charge in [0.05, 0.1) is 5.02 Å². The van der Waals surface area contributed by atoms with Gasteiger partial charge < -0.3 is 4.98 Å². The highest BCUT2D eigenvalue weighted by Crippen LogP contribution is 2.27. The number of nitrogens with zero attached hydrogens (tertiary/aromatic N) is 1. The topological polar surface area (TPSA) is 28.7 Å². The quantitative estimate of drug-likeness (QED) is 0.653. The Bertz CT molecular complexity index is 846. The van der Waals surface area contributed by atoms with Crippen LogP contribution in [-0.4, -0.2) is 9.97 Å². The molecule has 1 N–H and O–H groups in total. The maximum Gasteiger partial charge on any atom is 0.140 e. The lowest BCUT2D eigenvalue weighted by atomic mass is 10.1. The molecule has 0 saturated heterocycles. The maximum atomic E-state index is 13.2. The molecule has 0 unspecified atom stereocenters. The van der Waals surface area contributed by atoms with Crippen molar-refractivity contribution in [3.8, 4) is 22.6 Å². The summed E-state index contributed by atoms with van der Waals surface area (Å²) in [6.07, 6.45) is 0. The average Bonchev–Trinajstić information content (AvgIpc) is 2.47. The molecule has 0 aliphatic carbocycles. The number of halogens is 2. The molecule has 0 saturated carbocycles. The van der Waals surface area contributed by atoms with Crippen LogP contribution in [0.4, 0.5) is 4.39 Å². The molecule has 0 spiro atoms. The maximum absolute atomic E-state index is 13.2. The average molecular weight is 317 g/mol. The minimum atomic E-state index is -0.387.